The molecule has 3 N–H and O–H groups in total. The molecular formula is C27H26N6O4. The molecule has 0 amide bonds. The molecule has 188 valence electrons. The average molecular weight is 499 g/mol. The first-order chi connectivity index (χ1) is 17.9. The van der Waals surface area contributed by atoms with Gasteiger partial charge in [-0.3, -0.25) is 0 Å². The highest BCUT2D eigenvalue weighted by Gasteiger charge is 2.39. The van der Waals surface area contributed by atoms with Crippen molar-refractivity contribution in [3.63, 3.8) is 0 Å². The number of cyclic esters (lactones) is 1. The highest BCUT2D eigenvalue weighted by Crippen LogP contribution is 2.41. The number of benzene rings is 1. The van der Waals surface area contributed by atoms with Gasteiger partial charge in [0.15, 0.2) is 0 Å². The van der Waals surface area contributed by atoms with Gasteiger partial charge in [-0.05, 0) is 44.4 Å². The van der Waals surface area contributed by atoms with E-state index in [-0.39, 0.29) is 18.6 Å². The Bertz CT molecular complexity index is 1470. The quantitative estimate of drug-likeness (QED) is 0.293. The normalized spacial score (nSPS) is 16.7. The van der Waals surface area contributed by atoms with Crippen molar-refractivity contribution in [2.24, 2.45) is 0 Å². The molecule has 10 heteroatoms. The van der Waals surface area contributed by atoms with Crippen molar-refractivity contribution < 1.29 is 19.1 Å². The van der Waals surface area contributed by atoms with E-state index >= 15 is 0 Å². The number of pyridine rings is 2. The van der Waals surface area contributed by atoms with Crippen LogP contribution >= 0.6 is 0 Å². The molecule has 0 saturated heterocycles. The van der Waals surface area contributed by atoms with Crippen molar-refractivity contribution in [3.05, 3.63) is 77.4 Å². The molecule has 0 bridgehead atoms. The first kappa shape index (κ1) is 23.1. The van der Waals surface area contributed by atoms with E-state index in [1.165, 1.54) is 0 Å². The molecule has 2 aliphatic rings. The Hall–Kier alpha value is -4.31. The number of aromatic nitrogens is 4. The largest absolute Gasteiger partial charge is 0.449 e. The Balaban J connectivity index is 1.35. The summed E-state index contributed by atoms with van der Waals surface area (Å²) >= 11 is 0. The fourth-order valence-electron chi connectivity index (χ4n) is 4.38. The minimum atomic E-state index is -0.810. The van der Waals surface area contributed by atoms with Gasteiger partial charge in [0, 0.05) is 18.2 Å². The SMILES string of the molecule is CC1(C)OC(=O)c2ccc(Nc3cc(N[C@H](CO)c4ccccc4)c(-c4nnc(C5CC5)o4)cn3)nc21. The number of fused-ring (bicyclic) bond motifs is 1. The molecule has 0 radical (unpaired) electrons. The highest BCUT2D eigenvalue weighted by molar-refractivity contribution is 5.94. The third-order valence-corrected chi connectivity index (χ3v) is 6.51. The average Bonchev–Trinajstić information content (AvgIpc) is 3.58. The molecule has 0 unspecified atom stereocenters. The van der Waals surface area contributed by atoms with Gasteiger partial charge in [0.1, 0.15) is 22.9 Å². The molecule has 1 saturated carbocycles. The molecule has 1 aliphatic heterocycles. The maximum atomic E-state index is 12.1. The fourth-order valence-corrected chi connectivity index (χ4v) is 4.38. The number of aliphatic hydroxyl groups is 1. The van der Waals surface area contributed by atoms with Crippen LogP contribution in [0.4, 0.5) is 17.3 Å². The van der Waals surface area contributed by atoms with Crippen LogP contribution in [0.25, 0.3) is 11.5 Å². The van der Waals surface area contributed by atoms with Crippen LogP contribution in [0.3, 0.4) is 0 Å². The predicted molar refractivity (Wildman–Crippen MR) is 135 cm³/mol. The predicted octanol–water partition coefficient (Wildman–Crippen LogP) is 4.70. The van der Waals surface area contributed by atoms with Crippen LogP contribution in [-0.4, -0.2) is 37.8 Å². The van der Waals surface area contributed by atoms with Gasteiger partial charge in [0.2, 0.25) is 5.89 Å². The maximum Gasteiger partial charge on any atom is 0.341 e. The number of hydrogen-bond acceptors (Lipinski definition) is 10. The Morgan fingerprint density at radius 3 is 2.65 bits per heavy atom. The van der Waals surface area contributed by atoms with Crippen LogP contribution in [0.15, 0.2) is 59.1 Å². The number of aliphatic hydroxyl groups excluding tert-OH is 1. The van der Waals surface area contributed by atoms with Crippen LogP contribution in [0.1, 0.15) is 66.2 Å². The fraction of sp³-hybridized carbons (Fsp3) is 0.296. The summed E-state index contributed by atoms with van der Waals surface area (Å²) in [6, 6.07) is 14.5. The third kappa shape index (κ3) is 4.51. The molecule has 0 spiro atoms. The van der Waals surface area contributed by atoms with Gasteiger partial charge in [0.05, 0.1) is 29.5 Å². The molecule has 1 aromatic carbocycles. The lowest BCUT2D eigenvalue weighted by Gasteiger charge is -2.20. The number of rotatable bonds is 8. The number of hydrogen-bond donors (Lipinski definition) is 3. The zero-order valence-electron chi connectivity index (χ0n) is 20.4. The van der Waals surface area contributed by atoms with Crippen LogP contribution in [0.5, 0.6) is 0 Å². The second-order valence-electron chi connectivity index (χ2n) is 9.74. The van der Waals surface area contributed by atoms with Crippen molar-refractivity contribution in [1.29, 1.82) is 0 Å². The summed E-state index contributed by atoms with van der Waals surface area (Å²) in [5, 5.41) is 25.2. The lowest BCUT2D eigenvalue weighted by Crippen LogP contribution is -2.18. The smallest absolute Gasteiger partial charge is 0.341 e. The zero-order chi connectivity index (χ0) is 25.6. The molecule has 3 aromatic heterocycles. The lowest BCUT2D eigenvalue weighted by molar-refractivity contribution is 0.00834. The van der Waals surface area contributed by atoms with Gasteiger partial charge < -0.3 is 24.9 Å². The van der Waals surface area contributed by atoms with E-state index in [0.29, 0.717) is 51.8 Å². The molecule has 1 aliphatic carbocycles. The number of esters is 1. The molecule has 6 rings (SSSR count). The van der Waals surface area contributed by atoms with E-state index in [2.05, 4.69) is 30.8 Å². The van der Waals surface area contributed by atoms with Crippen molar-refractivity contribution in [3.8, 4) is 11.5 Å². The zero-order valence-corrected chi connectivity index (χ0v) is 20.4. The van der Waals surface area contributed by atoms with E-state index in [9.17, 15) is 9.90 Å². The van der Waals surface area contributed by atoms with Crippen molar-refractivity contribution >= 4 is 23.3 Å². The Morgan fingerprint density at radius 2 is 1.89 bits per heavy atom. The van der Waals surface area contributed by atoms with E-state index in [1.54, 1.807) is 18.3 Å². The number of carbonyl (C=O) groups excluding carboxylic acids is 1. The number of nitrogens with one attached hydrogen (secondary N) is 2. The topological polar surface area (TPSA) is 135 Å². The molecular weight excluding hydrogens is 472 g/mol. The van der Waals surface area contributed by atoms with Crippen molar-refractivity contribution in [2.75, 3.05) is 17.2 Å². The molecule has 4 aromatic rings. The molecule has 4 heterocycles. The summed E-state index contributed by atoms with van der Waals surface area (Å²) in [4.78, 5) is 21.3. The summed E-state index contributed by atoms with van der Waals surface area (Å²) in [7, 11) is 0. The summed E-state index contributed by atoms with van der Waals surface area (Å²) in [5.74, 6) is 1.97. The first-order valence-corrected chi connectivity index (χ1v) is 12.2. The minimum Gasteiger partial charge on any atom is -0.449 e. The molecule has 10 nitrogen and oxygen atoms in total. The lowest BCUT2D eigenvalue weighted by atomic mass is 10.0. The number of carbonyl (C=O) groups is 1. The van der Waals surface area contributed by atoms with E-state index in [0.717, 1.165) is 18.4 Å². The monoisotopic (exact) mass is 498 g/mol. The summed E-state index contributed by atoms with van der Waals surface area (Å²) in [6.45, 7) is 3.49. The van der Waals surface area contributed by atoms with E-state index in [1.807, 2.05) is 50.2 Å². The molecule has 1 atom stereocenters. The Kier molecular flexibility index (Phi) is 5.60. The van der Waals surface area contributed by atoms with Crippen LogP contribution in [0, 0.1) is 0 Å². The van der Waals surface area contributed by atoms with Gasteiger partial charge in [-0.25, -0.2) is 14.8 Å². The second-order valence-corrected chi connectivity index (χ2v) is 9.74. The number of anilines is 3. The highest BCUT2D eigenvalue weighted by atomic mass is 16.6. The van der Waals surface area contributed by atoms with Crippen molar-refractivity contribution in [2.45, 2.75) is 44.2 Å². The molecule has 1 fully saturated rings. The summed E-state index contributed by atoms with van der Waals surface area (Å²) in [6.07, 6.45) is 3.75. The summed E-state index contributed by atoms with van der Waals surface area (Å²) < 4.78 is 11.4. The maximum absolute atomic E-state index is 12.1. The van der Waals surface area contributed by atoms with Gasteiger partial charge in [-0.2, -0.15) is 0 Å². The van der Waals surface area contributed by atoms with Gasteiger partial charge in [0.25, 0.3) is 5.89 Å². The minimum absolute atomic E-state index is 0.124. The molecule has 37 heavy (non-hydrogen) atoms. The van der Waals surface area contributed by atoms with Crippen LogP contribution in [-0.2, 0) is 10.3 Å². The third-order valence-electron chi connectivity index (χ3n) is 6.51. The Labute approximate surface area is 213 Å². The van der Waals surface area contributed by atoms with E-state index in [4.69, 9.17) is 9.15 Å². The summed E-state index contributed by atoms with van der Waals surface area (Å²) in [5.41, 5.74) is 2.43. The van der Waals surface area contributed by atoms with Crippen LogP contribution in [0.2, 0.25) is 0 Å². The first-order valence-electron chi connectivity index (χ1n) is 12.2. The number of nitrogens with zero attached hydrogens (tertiary/aromatic N) is 4. The Morgan fingerprint density at radius 1 is 1.08 bits per heavy atom. The van der Waals surface area contributed by atoms with Crippen molar-refractivity contribution in [1.82, 2.24) is 20.2 Å². The second kappa shape index (κ2) is 8.97. The van der Waals surface area contributed by atoms with E-state index < -0.39 is 5.60 Å². The van der Waals surface area contributed by atoms with Gasteiger partial charge >= 0.3 is 5.97 Å². The van der Waals surface area contributed by atoms with Gasteiger partial charge in [-0.1, -0.05) is 30.3 Å². The van der Waals surface area contributed by atoms with Crippen LogP contribution < -0.4 is 10.6 Å². The van der Waals surface area contributed by atoms with Gasteiger partial charge in [-0.15, -0.1) is 10.2 Å². The standard InChI is InChI=1S/C27H26N6O4/c1-27(2)23-17(26(35)37-27)10-11-21(31-23)30-22-12-19(29-20(14-34)15-6-4-3-5-7-15)18(13-28-22)25-33-32-24(36-25)16-8-9-16/h3-7,10-13,16,20,34H,8-9,14H2,1-2H3,(H2,28,29,30,31)/t20-/m1/s1. The number of ether oxygens (including phenoxy) is 1.